The molecule has 16 heavy (non-hydrogen) atoms. The second-order valence-electron chi connectivity index (χ2n) is 3.98. The fraction of sp³-hybridized carbons (Fsp3) is 0.857. The number of carboxylic acids is 1. The molecule has 7 nitrogen and oxygen atoms in total. The molecule has 2 N–H and O–H groups in total. The van der Waals surface area contributed by atoms with Crippen molar-refractivity contribution in [3.8, 4) is 0 Å². The van der Waals surface area contributed by atoms with Gasteiger partial charge in [0.15, 0.2) is 0 Å². The van der Waals surface area contributed by atoms with Crippen LogP contribution < -0.4 is 4.72 Å². The standard InChI is InChI=1S/C7H15NO6S2/c1-7(2,6(9)10)8-16(13,14)5-4-15(3,11)12/h8H,4-5H2,1-3H3,(H,9,10). The zero-order chi connectivity index (χ0) is 13.2. The number of sulfonamides is 1. The van der Waals surface area contributed by atoms with Crippen molar-refractivity contribution < 1.29 is 26.7 Å². The maximum Gasteiger partial charge on any atom is 0.324 e. The summed E-state index contributed by atoms with van der Waals surface area (Å²) in [6, 6.07) is 0. The third-order valence-corrected chi connectivity index (χ3v) is 4.44. The summed E-state index contributed by atoms with van der Waals surface area (Å²) in [5.74, 6) is -2.53. The first-order valence-electron chi connectivity index (χ1n) is 4.28. The van der Waals surface area contributed by atoms with Gasteiger partial charge in [-0.15, -0.1) is 0 Å². The highest BCUT2D eigenvalue weighted by Gasteiger charge is 2.32. The lowest BCUT2D eigenvalue weighted by atomic mass is 10.1. The molecule has 0 spiro atoms. The van der Waals surface area contributed by atoms with Crippen LogP contribution in [0.2, 0.25) is 0 Å². The summed E-state index contributed by atoms with van der Waals surface area (Å²) in [6.45, 7) is 2.35. The van der Waals surface area contributed by atoms with Crippen molar-refractivity contribution in [3.63, 3.8) is 0 Å². The highest BCUT2D eigenvalue weighted by Crippen LogP contribution is 2.05. The zero-order valence-electron chi connectivity index (χ0n) is 9.22. The van der Waals surface area contributed by atoms with Gasteiger partial charge in [-0.05, 0) is 13.8 Å². The van der Waals surface area contributed by atoms with E-state index in [4.69, 9.17) is 5.11 Å². The van der Waals surface area contributed by atoms with Gasteiger partial charge in [-0.1, -0.05) is 0 Å². The van der Waals surface area contributed by atoms with E-state index in [1.807, 2.05) is 4.72 Å². The van der Waals surface area contributed by atoms with E-state index in [-0.39, 0.29) is 0 Å². The Morgan fingerprint density at radius 3 is 1.94 bits per heavy atom. The molecule has 0 rings (SSSR count). The summed E-state index contributed by atoms with van der Waals surface area (Å²) in [5, 5.41) is 8.69. The topological polar surface area (TPSA) is 118 Å². The highest BCUT2D eigenvalue weighted by atomic mass is 32.2. The molecule has 0 aromatic rings. The van der Waals surface area contributed by atoms with E-state index in [9.17, 15) is 21.6 Å². The van der Waals surface area contributed by atoms with Crippen molar-refractivity contribution in [3.05, 3.63) is 0 Å². The van der Waals surface area contributed by atoms with Gasteiger partial charge in [0.05, 0.1) is 11.5 Å². The van der Waals surface area contributed by atoms with E-state index < -0.39 is 42.9 Å². The Bertz CT molecular complexity index is 461. The molecule has 0 saturated carbocycles. The third kappa shape index (κ3) is 6.03. The molecule has 0 fully saturated rings. The number of carbonyl (C=O) groups is 1. The van der Waals surface area contributed by atoms with Gasteiger partial charge >= 0.3 is 5.97 Å². The van der Waals surface area contributed by atoms with Crippen LogP contribution in [0.5, 0.6) is 0 Å². The van der Waals surface area contributed by atoms with Gasteiger partial charge in [-0.2, -0.15) is 4.72 Å². The van der Waals surface area contributed by atoms with E-state index in [0.29, 0.717) is 0 Å². The lowest BCUT2D eigenvalue weighted by Crippen LogP contribution is -2.50. The second kappa shape index (κ2) is 4.68. The van der Waals surface area contributed by atoms with Crippen molar-refractivity contribution in [1.82, 2.24) is 4.72 Å². The Kier molecular flexibility index (Phi) is 4.48. The Balaban J connectivity index is 4.67. The van der Waals surface area contributed by atoms with Gasteiger partial charge in [0.2, 0.25) is 10.0 Å². The fourth-order valence-electron chi connectivity index (χ4n) is 0.745. The number of sulfone groups is 1. The Morgan fingerprint density at radius 2 is 1.62 bits per heavy atom. The van der Waals surface area contributed by atoms with Crippen LogP contribution in [0.3, 0.4) is 0 Å². The number of hydrogen-bond acceptors (Lipinski definition) is 5. The van der Waals surface area contributed by atoms with E-state index in [1.165, 1.54) is 13.8 Å². The van der Waals surface area contributed by atoms with Crippen LogP contribution in [-0.2, 0) is 24.7 Å². The van der Waals surface area contributed by atoms with Crippen LogP contribution in [0.1, 0.15) is 13.8 Å². The predicted octanol–water partition coefficient (Wildman–Crippen LogP) is -1.19. The summed E-state index contributed by atoms with van der Waals surface area (Å²) < 4.78 is 46.2. The summed E-state index contributed by atoms with van der Waals surface area (Å²) in [5.41, 5.74) is -1.66. The minimum Gasteiger partial charge on any atom is -0.480 e. The fourth-order valence-corrected chi connectivity index (χ4v) is 3.80. The molecule has 0 aliphatic heterocycles. The molecule has 0 radical (unpaired) electrons. The largest absolute Gasteiger partial charge is 0.480 e. The van der Waals surface area contributed by atoms with Gasteiger partial charge in [-0.25, -0.2) is 16.8 Å². The molecule has 0 heterocycles. The van der Waals surface area contributed by atoms with Gasteiger partial charge in [0.1, 0.15) is 15.4 Å². The molecular weight excluding hydrogens is 258 g/mol. The lowest BCUT2D eigenvalue weighted by Gasteiger charge is -2.20. The number of nitrogens with one attached hydrogen (secondary N) is 1. The molecule has 96 valence electrons. The molecule has 0 saturated heterocycles. The van der Waals surface area contributed by atoms with Crippen LogP contribution in [0.15, 0.2) is 0 Å². The van der Waals surface area contributed by atoms with Gasteiger partial charge in [0, 0.05) is 6.26 Å². The summed E-state index contributed by atoms with van der Waals surface area (Å²) >= 11 is 0. The van der Waals surface area contributed by atoms with Crippen molar-refractivity contribution in [2.75, 3.05) is 17.8 Å². The maximum absolute atomic E-state index is 11.4. The molecule has 0 aliphatic rings. The maximum atomic E-state index is 11.4. The smallest absolute Gasteiger partial charge is 0.324 e. The van der Waals surface area contributed by atoms with Crippen LogP contribution in [0, 0.1) is 0 Å². The Hall–Kier alpha value is -0.670. The van der Waals surface area contributed by atoms with E-state index in [0.717, 1.165) is 6.26 Å². The van der Waals surface area contributed by atoms with Crippen molar-refractivity contribution in [2.24, 2.45) is 0 Å². The number of hydrogen-bond donors (Lipinski definition) is 2. The SMILES string of the molecule is CC(C)(NS(=O)(=O)CCS(C)(=O)=O)C(=O)O. The molecule has 9 heteroatoms. The van der Waals surface area contributed by atoms with Crippen molar-refractivity contribution in [2.45, 2.75) is 19.4 Å². The molecule has 0 aliphatic carbocycles. The monoisotopic (exact) mass is 273 g/mol. The average molecular weight is 273 g/mol. The predicted molar refractivity (Wildman–Crippen MR) is 58.3 cm³/mol. The second-order valence-corrected chi connectivity index (χ2v) is 8.08. The first kappa shape index (κ1) is 15.3. The average Bonchev–Trinajstić information content (AvgIpc) is 1.97. The molecular formula is C7H15NO6S2. The number of carboxylic acid groups (broad SMARTS) is 1. The van der Waals surface area contributed by atoms with Crippen LogP contribution >= 0.6 is 0 Å². The normalized spacial score (nSPS) is 13.7. The van der Waals surface area contributed by atoms with E-state index >= 15 is 0 Å². The van der Waals surface area contributed by atoms with E-state index in [2.05, 4.69) is 0 Å². The van der Waals surface area contributed by atoms with Crippen LogP contribution in [0.4, 0.5) is 0 Å². The van der Waals surface area contributed by atoms with Crippen molar-refractivity contribution >= 4 is 25.8 Å². The zero-order valence-corrected chi connectivity index (χ0v) is 10.9. The molecule has 0 amide bonds. The molecule has 0 aromatic carbocycles. The minimum absolute atomic E-state index is 0.544. The molecule has 0 aromatic heterocycles. The highest BCUT2D eigenvalue weighted by molar-refractivity contribution is 7.93. The number of rotatable bonds is 6. The summed E-state index contributed by atoms with van der Waals surface area (Å²) in [6.07, 6.45) is 0.908. The lowest BCUT2D eigenvalue weighted by molar-refractivity contribution is -0.142. The molecule has 0 unspecified atom stereocenters. The quantitative estimate of drug-likeness (QED) is 0.628. The van der Waals surface area contributed by atoms with E-state index in [1.54, 1.807) is 0 Å². The van der Waals surface area contributed by atoms with Gasteiger partial charge in [-0.3, -0.25) is 4.79 Å². The Labute approximate surface area is 94.8 Å². The van der Waals surface area contributed by atoms with Crippen molar-refractivity contribution in [1.29, 1.82) is 0 Å². The summed E-state index contributed by atoms with van der Waals surface area (Å²) in [7, 11) is -7.33. The van der Waals surface area contributed by atoms with Gasteiger partial charge in [0.25, 0.3) is 0 Å². The van der Waals surface area contributed by atoms with Crippen LogP contribution in [0.25, 0.3) is 0 Å². The molecule has 0 bridgehead atoms. The Morgan fingerprint density at radius 1 is 1.19 bits per heavy atom. The number of aliphatic carboxylic acids is 1. The van der Waals surface area contributed by atoms with Crippen LogP contribution in [-0.4, -0.2) is 51.2 Å². The van der Waals surface area contributed by atoms with Gasteiger partial charge < -0.3 is 5.11 Å². The first-order valence-corrected chi connectivity index (χ1v) is 8.00. The third-order valence-electron chi connectivity index (χ3n) is 1.67. The molecule has 0 atom stereocenters. The first-order chi connectivity index (χ1) is 6.86. The minimum atomic E-state index is -3.93. The summed E-state index contributed by atoms with van der Waals surface area (Å²) in [4.78, 5) is 10.7.